The van der Waals surface area contributed by atoms with E-state index in [0.717, 1.165) is 5.56 Å². The van der Waals surface area contributed by atoms with Crippen molar-refractivity contribution in [2.24, 2.45) is 0 Å². The summed E-state index contributed by atoms with van der Waals surface area (Å²) in [5, 5.41) is 4.77. The first kappa shape index (κ1) is 13.9. The molecule has 100 valence electrons. The highest BCUT2D eigenvalue weighted by molar-refractivity contribution is 8.00. The van der Waals surface area contributed by atoms with Gasteiger partial charge in [-0.15, -0.1) is 0 Å². The molecule has 0 aliphatic rings. The van der Waals surface area contributed by atoms with Crippen molar-refractivity contribution in [2.45, 2.75) is 11.6 Å². The molecule has 4 nitrogen and oxygen atoms in total. The number of nitrogens with two attached hydrogens (primary N) is 1. The maximum Gasteiger partial charge on any atom is 0.233 e. The van der Waals surface area contributed by atoms with Crippen molar-refractivity contribution in [2.75, 3.05) is 18.5 Å². The van der Waals surface area contributed by atoms with Crippen LogP contribution in [0.1, 0.15) is 5.56 Å². The molecule has 0 aromatic carbocycles. The van der Waals surface area contributed by atoms with Crippen molar-refractivity contribution in [1.29, 1.82) is 0 Å². The Balaban J connectivity index is 1.86. The fourth-order valence-electron chi connectivity index (χ4n) is 1.51. The fourth-order valence-corrected chi connectivity index (χ4v) is 3.02. The lowest BCUT2D eigenvalue weighted by molar-refractivity contribution is -0.127. The third-order valence-electron chi connectivity index (χ3n) is 2.56. The molecule has 2 aromatic heterocycles. The number of carbonyl (C=O) groups excluding carboxylic acids is 1. The van der Waals surface area contributed by atoms with Gasteiger partial charge in [-0.3, -0.25) is 4.79 Å². The molecule has 2 heterocycles. The van der Waals surface area contributed by atoms with Gasteiger partial charge in [0.25, 0.3) is 0 Å². The summed E-state index contributed by atoms with van der Waals surface area (Å²) >= 11 is 3.01. The molecule has 0 unspecified atom stereocenters. The summed E-state index contributed by atoms with van der Waals surface area (Å²) in [5.74, 6) is 0.420. The lowest BCUT2D eigenvalue weighted by Gasteiger charge is -2.16. The van der Waals surface area contributed by atoms with Crippen LogP contribution in [0.4, 0.5) is 5.69 Å². The number of aromatic nitrogens is 1. The number of amides is 1. The number of rotatable bonds is 5. The van der Waals surface area contributed by atoms with Gasteiger partial charge in [-0.05, 0) is 34.5 Å². The zero-order chi connectivity index (χ0) is 13.7. The van der Waals surface area contributed by atoms with Crippen molar-refractivity contribution in [3.05, 3.63) is 40.7 Å². The lowest BCUT2D eigenvalue weighted by atomic mass is 10.3. The maximum absolute atomic E-state index is 12.0. The van der Waals surface area contributed by atoms with E-state index >= 15 is 0 Å². The number of pyridine rings is 1. The second-order valence-electron chi connectivity index (χ2n) is 4.07. The van der Waals surface area contributed by atoms with Gasteiger partial charge in [0, 0.05) is 19.8 Å². The van der Waals surface area contributed by atoms with Gasteiger partial charge in [0.1, 0.15) is 5.03 Å². The highest BCUT2D eigenvalue weighted by atomic mass is 32.2. The molecular weight excluding hydrogens is 278 g/mol. The summed E-state index contributed by atoms with van der Waals surface area (Å²) in [6.45, 7) is 0.639. The SMILES string of the molecule is CN(Cc1ccsc1)C(=O)CSc1ncccc1N. The van der Waals surface area contributed by atoms with Gasteiger partial charge in [0.2, 0.25) is 5.91 Å². The first-order valence-corrected chi connectivity index (χ1v) is 7.68. The number of anilines is 1. The van der Waals surface area contributed by atoms with E-state index in [1.807, 2.05) is 23.9 Å². The molecule has 0 atom stereocenters. The first-order valence-electron chi connectivity index (χ1n) is 5.75. The van der Waals surface area contributed by atoms with Crippen LogP contribution in [0.3, 0.4) is 0 Å². The monoisotopic (exact) mass is 293 g/mol. The van der Waals surface area contributed by atoms with Crippen LogP contribution in [0, 0.1) is 0 Å². The zero-order valence-corrected chi connectivity index (χ0v) is 12.2. The standard InChI is InChI=1S/C13H15N3OS2/c1-16(7-10-4-6-18-8-10)12(17)9-19-13-11(14)3-2-5-15-13/h2-6,8H,7,9,14H2,1H3. The van der Waals surface area contributed by atoms with Crippen LogP contribution < -0.4 is 5.73 Å². The largest absolute Gasteiger partial charge is 0.397 e. The lowest BCUT2D eigenvalue weighted by Crippen LogP contribution is -2.27. The molecule has 0 aliphatic heterocycles. The van der Waals surface area contributed by atoms with Crippen molar-refractivity contribution in [1.82, 2.24) is 9.88 Å². The van der Waals surface area contributed by atoms with Gasteiger partial charge in [0.15, 0.2) is 0 Å². The molecule has 0 fully saturated rings. The number of nitrogens with zero attached hydrogens (tertiary/aromatic N) is 2. The highest BCUT2D eigenvalue weighted by Crippen LogP contribution is 2.21. The topological polar surface area (TPSA) is 59.2 Å². The van der Waals surface area contributed by atoms with Crippen LogP contribution in [0.2, 0.25) is 0 Å². The molecule has 0 radical (unpaired) electrons. The fraction of sp³-hybridized carbons (Fsp3) is 0.231. The number of carbonyl (C=O) groups is 1. The van der Waals surface area contributed by atoms with Crippen LogP contribution in [-0.2, 0) is 11.3 Å². The van der Waals surface area contributed by atoms with E-state index in [1.54, 1.807) is 34.6 Å². The average molecular weight is 293 g/mol. The van der Waals surface area contributed by atoms with Crippen LogP contribution in [0.25, 0.3) is 0 Å². The summed E-state index contributed by atoms with van der Waals surface area (Å²) < 4.78 is 0. The van der Waals surface area contributed by atoms with Crippen LogP contribution in [0.15, 0.2) is 40.2 Å². The Bertz CT molecular complexity index is 543. The molecule has 2 N–H and O–H groups in total. The molecule has 2 rings (SSSR count). The van der Waals surface area contributed by atoms with E-state index < -0.39 is 0 Å². The van der Waals surface area contributed by atoms with Crippen LogP contribution in [0.5, 0.6) is 0 Å². The predicted molar refractivity (Wildman–Crippen MR) is 80.2 cm³/mol. The number of thiophene rings is 1. The third-order valence-corrected chi connectivity index (χ3v) is 4.30. The molecule has 0 bridgehead atoms. The van der Waals surface area contributed by atoms with E-state index in [0.29, 0.717) is 23.0 Å². The Morgan fingerprint density at radius 1 is 1.53 bits per heavy atom. The minimum atomic E-state index is 0.0706. The van der Waals surface area contributed by atoms with Gasteiger partial charge in [-0.1, -0.05) is 11.8 Å². The Kier molecular flexibility index (Phi) is 4.81. The molecule has 2 aromatic rings. The summed E-state index contributed by atoms with van der Waals surface area (Å²) in [6.07, 6.45) is 1.68. The molecular formula is C13H15N3OS2. The molecule has 6 heteroatoms. The van der Waals surface area contributed by atoms with E-state index in [1.165, 1.54) is 11.8 Å². The van der Waals surface area contributed by atoms with Crippen LogP contribution in [-0.4, -0.2) is 28.6 Å². The van der Waals surface area contributed by atoms with E-state index in [4.69, 9.17) is 5.73 Å². The Morgan fingerprint density at radius 2 is 2.37 bits per heavy atom. The summed E-state index contributed by atoms with van der Waals surface area (Å²) in [7, 11) is 1.81. The minimum absolute atomic E-state index is 0.0706. The summed E-state index contributed by atoms with van der Waals surface area (Å²) in [5.41, 5.74) is 7.55. The van der Waals surface area contributed by atoms with Crippen molar-refractivity contribution in [3.63, 3.8) is 0 Å². The smallest absolute Gasteiger partial charge is 0.233 e. The third kappa shape index (κ3) is 3.97. The van der Waals surface area contributed by atoms with E-state index in [2.05, 4.69) is 4.98 Å². The van der Waals surface area contributed by atoms with Crippen molar-refractivity contribution >= 4 is 34.7 Å². The predicted octanol–water partition coefficient (Wildman–Crippen LogP) is 2.48. The molecule has 19 heavy (non-hydrogen) atoms. The Hall–Kier alpha value is -1.53. The van der Waals surface area contributed by atoms with Gasteiger partial charge in [-0.2, -0.15) is 11.3 Å². The normalized spacial score (nSPS) is 10.4. The molecule has 1 amide bonds. The van der Waals surface area contributed by atoms with Gasteiger partial charge in [0.05, 0.1) is 11.4 Å². The maximum atomic E-state index is 12.0. The number of hydrogen-bond acceptors (Lipinski definition) is 5. The zero-order valence-electron chi connectivity index (χ0n) is 10.6. The number of nitrogen functional groups attached to an aromatic ring is 1. The second kappa shape index (κ2) is 6.58. The minimum Gasteiger partial charge on any atom is -0.397 e. The van der Waals surface area contributed by atoms with E-state index in [-0.39, 0.29) is 5.91 Å². The average Bonchev–Trinajstić information content (AvgIpc) is 2.90. The summed E-state index contributed by atoms with van der Waals surface area (Å²) in [6, 6.07) is 5.59. The first-order chi connectivity index (χ1) is 9.16. The second-order valence-corrected chi connectivity index (χ2v) is 5.81. The van der Waals surface area contributed by atoms with Crippen molar-refractivity contribution < 1.29 is 4.79 Å². The Morgan fingerprint density at radius 3 is 3.05 bits per heavy atom. The van der Waals surface area contributed by atoms with Gasteiger partial charge < -0.3 is 10.6 Å². The van der Waals surface area contributed by atoms with Crippen LogP contribution >= 0.6 is 23.1 Å². The molecule has 0 spiro atoms. The molecule has 0 saturated heterocycles. The number of hydrogen-bond donors (Lipinski definition) is 1. The van der Waals surface area contributed by atoms with Crippen molar-refractivity contribution in [3.8, 4) is 0 Å². The quantitative estimate of drug-likeness (QED) is 0.860. The highest BCUT2D eigenvalue weighted by Gasteiger charge is 2.11. The van der Waals surface area contributed by atoms with Gasteiger partial charge >= 0.3 is 0 Å². The Labute approximate surface area is 120 Å². The van der Waals surface area contributed by atoms with E-state index in [9.17, 15) is 4.79 Å². The molecule has 0 aliphatic carbocycles. The summed E-state index contributed by atoms with van der Waals surface area (Å²) in [4.78, 5) is 17.9. The van der Waals surface area contributed by atoms with Gasteiger partial charge in [-0.25, -0.2) is 4.98 Å². The number of thioether (sulfide) groups is 1. The molecule has 0 saturated carbocycles.